The van der Waals surface area contributed by atoms with E-state index in [-0.39, 0.29) is 11.8 Å². The molecule has 1 fully saturated rings. The molecule has 0 saturated carbocycles. The van der Waals surface area contributed by atoms with E-state index >= 15 is 0 Å². The quantitative estimate of drug-likeness (QED) is 0.869. The van der Waals surface area contributed by atoms with E-state index in [0.717, 1.165) is 12.8 Å². The van der Waals surface area contributed by atoms with Crippen molar-refractivity contribution >= 4 is 11.6 Å². The minimum Gasteiger partial charge on any atom is -0.371 e. The van der Waals surface area contributed by atoms with Gasteiger partial charge in [-0.15, -0.1) is 0 Å². The van der Waals surface area contributed by atoms with Gasteiger partial charge in [-0.25, -0.2) is 14.4 Å². The Bertz CT molecular complexity index is 570. The van der Waals surface area contributed by atoms with E-state index in [0.29, 0.717) is 18.8 Å². The second-order valence-corrected chi connectivity index (χ2v) is 5.74. The highest BCUT2D eigenvalue weighted by Crippen LogP contribution is 2.20. The van der Waals surface area contributed by atoms with Crippen LogP contribution in [0.3, 0.4) is 0 Å². The number of hydrogen-bond donors (Lipinski definition) is 1. The van der Waals surface area contributed by atoms with Crippen molar-refractivity contribution in [2.45, 2.75) is 32.7 Å². The van der Waals surface area contributed by atoms with Crippen molar-refractivity contribution < 1.29 is 9.18 Å². The summed E-state index contributed by atoms with van der Waals surface area (Å²) in [7, 11) is 0. The maximum atomic E-state index is 13.8. The van der Waals surface area contributed by atoms with Crippen LogP contribution < -0.4 is 5.32 Å². The standard InChI is InChI=1S/C16H21FN4O/c1-12(2)15(19-14-8-4-3-7-13(14)17)16(22)21-10-6-5-9-20(21)11-18/h3-4,7-8,12,15,19H,5-6,9-10H2,1-2H3. The fourth-order valence-electron chi connectivity index (χ4n) is 2.52. The molecule has 0 spiro atoms. The summed E-state index contributed by atoms with van der Waals surface area (Å²) in [4.78, 5) is 12.8. The van der Waals surface area contributed by atoms with Crippen LogP contribution in [0.5, 0.6) is 0 Å². The number of anilines is 1. The van der Waals surface area contributed by atoms with Crippen molar-refractivity contribution in [1.29, 1.82) is 5.26 Å². The molecular weight excluding hydrogens is 283 g/mol. The normalized spacial score (nSPS) is 16.3. The molecule has 1 aliphatic heterocycles. The zero-order chi connectivity index (χ0) is 16.1. The molecule has 22 heavy (non-hydrogen) atoms. The molecule has 6 heteroatoms. The van der Waals surface area contributed by atoms with Crippen molar-refractivity contribution in [3.63, 3.8) is 0 Å². The maximum Gasteiger partial charge on any atom is 0.264 e. The summed E-state index contributed by atoms with van der Waals surface area (Å²) in [5.41, 5.74) is 0.301. The highest BCUT2D eigenvalue weighted by molar-refractivity contribution is 5.84. The molecule has 0 aromatic heterocycles. The molecule has 1 aromatic rings. The summed E-state index contributed by atoms with van der Waals surface area (Å²) in [5.74, 6) is -0.620. The molecule has 1 N–H and O–H groups in total. The first-order chi connectivity index (χ1) is 10.5. The lowest BCUT2D eigenvalue weighted by atomic mass is 10.0. The van der Waals surface area contributed by atoms with Crippen LogP contribution in [-0.4, -0.2) is 35.1 Å². The molecule has 118 valence electrons. The summed E-state index contributed by atoms with van der Waals surface area (Å²) in [6.45, 7) is 4.87. The van der Waals surface area contributed by atoms with Crippen LogP contribution in [0.15, 0.2) is 24.3 Å². The van der Waals surface area contributed by atoms with Crippen LogP contribution >= 0.6 is 0 Å². The first-order valence-corrected chi connectivity index (χ1v) is 7.54. The Kier molecular flexibility index (Phi) is 5.21. The number of rotatable bonds is 4. The van der Waals surface area contributed by atoms with Gasteiger partial charge in [-0.05, 0) is 30.9 Å². The van der Waals surface area contributed by atoms with Crippen LogP contribution in [0.25, 0.3) is 0 Å². The van der Waals surface area contributed by atoms with Gasteiger partial charge in [0.25, 0.3) is 5.91 Å². The Morgan fingerprint density at radius 3 is 2.64 bits per heavy atom. The monoisotopic (exact) mass is 304 g/mol. The van der Waals surface area contributed by atoms with Gasteiger partial charge < -0.3 is 5.32 Å². The zero-order valence-corrected chi connectivity index (χ0v) is 12.9. The SMILES string of the molecule is CC(C)C(Nc1ccccc1F)C(=O)N1CCCCN1C#N. The fraction of sp³-hybridized carbons (Fsp3) is 0.500. The maximum absolute atomic E-state index is 13.8. The number of nitrogens with one attached hydrogen (secondary N) is 1. The van der Waals surface area contributed by atoms with Crippen LogP contribution in [0.4, 0.5) is 10.1 Å². The van der Waals surface area contributed by atoms with Crippen molar-refractivity contribution in [2.24, 2.45) is 5.92 Å². The van der Waals surface area contributed by atoms with E-state index < -0.39 is 11.9 Å². The number of carbonyl (C=O) groups excluding carboxylic acids is 1. The van der Waals surface area contributed by atoms with Gasteiger partial charge in [0.15, 0.2) is 6.19 Å². The minimum absolute atomic E-state index is 0.0328. The van der Waals surface area contributed by atoms with Gasteiger partial charge in [0, 0.05) is 6.54 Å². The van der Waals surface area contributed by atoms with Crippen LogP contribution in [-0.2, 0) is 4.79 Å². The van der Waals surface area contributed by atoms with Crippen molar-refractivity contribution in [1.82, 2.24) is 10.0 Å². The second kappa shape index (κ2) is 7.12. The fourth-order valence-corrected chi connectivity index (χ4v) is 2.52. The number of amides is 1. The summed E-state index contributed by atoms with van der Waals surface area (Å²) < 4.78 is 13.8. The summed E-state index contributed by atoms with van der Waals surface area (Å²) >= 11 is 0. The van der Waals surface area contributed by atoms with Gasteiger partial charge in [-0.1, -0.05) is 26.0 Å². The first kappa shape index (κ1) is 16.1. The topological polar surface area (TPSA) is 59.4 Å². The van der Waals surface area contributed by atoms with E-state index in [4.69, 9.17) is 5.26 Å². The number of carbonyl (C=O) groups is 1. The molecule has 1 aromatic carbocycles. The van der Waals surface area contributed by atoms with Gasteiger partial charge in [0.2, 0.25) is 0 Å². The van der Waals surface area contributed by atoms with E-state index in [9.17, 15) is 9.18 Å². The smallest absolute Gasteiger partial charge is 0.264 e. The molecular formula is C16H21FN4O. The Morgan fingerprint density at radius 1 is 1.32 bits per heavy atom. The molecule has 1 saturated heterocycles. The molecule has 0 radical (unpaired) electrons. The Labute approximate surface area is 130 Å². The van der Waals surface area contributed by atoms with Crippen LogP contribution in [0.2, 0.25) is 0 Å². The Hall–Kier alpha value is -2.29. The lowest BCUT2D eigenvalue weighted by Gasteiger charge is -2.37. The van der Waals surface area contributed by atoms with Gasteiger partial charge >= 0.3 is 0 Å². The predicted molar refractivity (Wildman–Crippen MR) is 81.9 cm³/mol. The average Bonchev–Trinajstić information content (AvgIpc) is 2.53. The summed E-state index contributed by atoms with van der Waals surface area (Å²) in [6.07, 6.45) is 3.80. The summed E-state index contributed by atoms with van der Waals surface area (Å²) in [6, 6.07) is 5.71. The highest BCUT2D eigenvalue weighted by atomic mass is 19.1. The van der Waals surface area contributed by atoms with Crippen molar-refractivity contribution in [3.8, 4) is 6.19 Å². The number of hydrogen-bond acceptors (Lipinski definition) is 4. The molecule has 1 aliphatic rings. The third kappa shape index (κ3) is 3.48. The van der Waals surface area contributed by atoms with Crippen molar-refractivity contribution in [3.05, 3.63) is 30.1 Å². The Balaban J connectivity index is 2.19. The molecule has 0 bridgehead atoms. The lowest BCUT2D eigenvalue weighted by Crippen LogP contribution is -2.54. The molecule has 1 heterocycles. The number of nitrogens with zero attached hydrogens (tertiary/aromatic N) is 3. The molecule has 1 amide bonds. The molecule has 1 atom stereocenters. The zero-order valence-electron chi connectivity index (χ0n) is 12.9. The highest BCUT2D eigenvalue weighted by Gasteiger charge is 2.32. The van der Waals surface area contributed by atoms with Gasteiger partial charge in [-0.3, -0.25) is 4.79 Å². The number of nitriles is 1. The number of para-hydroxylation sites is 1. The van der Waals surface area contributed by atoms with Gasteiger partial charge in [-0.2, -0.15) is 5.26 Å². The molecule has 5 nitrogen and oxygen atoms in total. The number of halogens is 1. The third-order valence-electron chi connectivity index (χ3n) is 3.77. The van der Waals surface area contributed by atoms with Gasteiger partial charge in [0.05, 0.1) is 12.2 Å². The average molecular weight is 304 g/mol. The van der Waals surface area contributed by atoms with E-state index in [2.05, 4.69) is 5.32 Å². The van der Waals surface area contributed by atoms with Crippen molar-refractivity contribution in [2.75, 3.05) is 18.4 Å². The number of hydrazine groups is 1. The van der Waals surface area contributed by atoms with E-state index in [1.807, 2.05) is 20.0 Å². The van der Waals surface area contributed by atoms with Gasteiger partial charge in [0.1, 0.15) is 11.9 Å². The van der Waals surface area contributed by atoms with E-state index in [1.54, 1.807) is 18.2 Å². The van der Waals surface area contributed by atoms with Crippen LogP contribution in [0.1, 0.15) is 26.7 Å². The second-order valence-electron chi connectivity index (χ2n) is 5.74. The molecule has 2 rings (SSSR count). The summed E-state index contributed by atoms with van der Waals surface area (Å²) in [5, 5.41) is 15.0. The largest absolute Gasteiger partial charge is 0.371 e. The predicted octanol–water partition coefficient (Wildman–Crippen LogP) is 2.58. The van der Waals surface area contributed by atoms with Crippen LogP contribution in [0, 0.1) is 23.2 Å². The molecule has 1 unspecified atom stereocenters. The third-order valence-corrected chi connectivity index (χ3v) is 3.77. The van der Waals surface area contributed by atoms with E-state index in [1.165, 1.54) is 16.1 Å². The minimum atomic E-state index is -0.578. The lowest BCUT2D eigenvalue weighted by molar-refractivity contribution is -0.148. The molecule has 0 aliphatic carbocycles. The number of benzene rings is 1. The first-order valence-electron chi connectivity index (χ1n) is 7.54. The Morgan fingerprint density at radius 2 is 2.00 bits per heavy atom.